The van der Waals surface area contributed by atoms with Crippen molar-refractivity contribution >= 4 is 32.8 Å². The first kappa shape index (κ1) is 12.8. The van der Waals surface area contributed by atoms with Crippen molar-refractivity contribution in [3.05, 3.63) is 39.9 Å². The Morgan fingerprint density at radius 2 is 2.28 bits per heavy atom. The molecular formula is C12H11BrN2O3. The number of fused-ring (bicyclic) bond motifs is 1. The van der Waals surface area contributed by atoms with Gasteiger partial charge >= 0.3 is 5.97 Å². The van der Waals surface area contributed by atoms with Gasteiger partial charge in [0, 0.05) is 5.33 Å². The molecule has 0 radical (unpaired) electrons. The van der Waals surface area contributed by atoms with E-state index in [0.29, 0.717) is 16.2 Å². The van der Waals surface area contributed by atoms with E-state index in [1.807, 2.05) is 6.07 Å². The number of aromatic nitrogens is 2. The SMILES string of the molecule is CCOC(=O)c1nc2cccc(CBr)c2c(=O)[nH]1. The molecule has 0 unspecified atom stereocenters. The van der Waals surface area contributed by atoms with Crippen LogP contribution in [0, 0.1) is 0 Å². The predicted octanol–water partition coefficient (Wildman–Crippen LogP) is 1.99. The number of hydrogen-bond acceptors (Lipinski definition) is 4. The number of nitrogens with one attached hydrogen (secondary N) is 1. The molecule has 0 aliphatic heterocycles. The molecule has 1 aromatic heterocycles. The van der Waals surface area contributed by atoms with E-state index in [1.165, 1.54) is 0 Å². The molecule has 0 aliphatic carbocycles. The number of carbonyl (C=O) groups is 1. The first-order valence-corrected chi connectivity index (χ1v) is 6.54. The van der Waals surface area contributed by atoms with Gasteiger partial charge in [0.2, 0.25) is 5.82 Å². The molecule has 0 atom stereocenters. The maximum Gasteiger partial charge on any atom is 0.374 e. The van der Waals surface area contributed by atoms with Crippen molar-refractivity contribution in [3.63, 3.8) is 0 Å². The van der Waals surface area contributed by atoms with Gasteiger partial charge in [0.05, 0.1) is 17.5 Å². The van der Waals surface area contributed by atoms with Crippen molar-refractivity contribution in [2.75, 3.05) is 6.61 Å². The highest BCUT2D eigenvalue weighted by Gasteiger charge is 2.13. The number of H-pyrrole nitrogens is 1. The summed E-state index contributed by atoms with van der Waals surface area (Å²) < 4.78 is 4.81. The highest BCUT2D eigenvalue weighted by molar-refractivity contribution is 9.08. The number of nitrogens with zero attached hydrogens (tertiary/aromatic N) is 1. The molecule has 1 N–H and O–H groups in total. The van der Waals surface area contributed by atoms with Gasteiger partial charge in [-0.05, 0) is 18.6 Å². The minimum absolute atomic E-state index is 0.0685. The molecule has 6 heteroatoms. The van der Waals surface area contributed by atoms with Gasteiger partial charge in [0.15, 0.2) is 0 Å². The largest absolute Gasteiger partial charge is 0.460 e. The summed E-state index contributed by atoms with van der Waals surface area (Å²) in [6, 6.07) is 5.32. The molecule has 0 bridgehead atoms. The molecule has 1 heterocycles. The number of aromatic amines is 1. The lowest BCUT2D eigenvalue weighted by molar-refractivity contribution is 0.0512. The highest BCUT2D eigenvalue weighted by Crippen LogP contribution is 2.15. The standard InChI is InChI=1S/C12H11BrN2O3/c1-2-18-12(17)10-14-8-5-3-4-7(6-13)9(8)11(16)15-10/h3-5H,2,6H2,1H3,(H,14,15,16). The van der Waals surface area contributed by atoms with Crippen LogP contribution >= 0.6 is 15.9 Å². The minimum atomic E-state index is -0.624. The zero-order chi connectivity index (χ0) is 13.1. The summed E-state index contributed by atoms with van der Waals surface area (Å²) in [6.07, 6.45) is 0. The number of carbonyl (C=O) groups excluding carboxylic acids is 1. The van der Waals surface area contributed by atoms with E-state index in [1.54, 1.807) is 19.1 Å². The molecule has 0 aliphatic rings. The first-order chi connectivity index (χ1) is 8.67. The van der Waals surface area contributed by atoms with Gasteiger partial charge < -0.3 is 9.72 Å². The van der Waals surface area contributed by atoms with Crippen LogP contribution in [-0.2, 0) is 10.1 Å². The quantitative estimate of drug-likeness (QED) is 0.695. The lowest BCUT2D eigenvalue weighted by Gasteiger charge is -2.04. The number of halogens is 1. The molecular weight excluding hydrogens is 300 g/mol. The van der Waals surface area contributed by atoms with E-state index >= 15 is 0 Å². The van der Waals surface area contributed by atoms with Crippen LogP contribution in [0.1, 0.15) is 23.1 Å². The van der Waals surface area contributed by atoms with Crippen LogP contribution in [0.25, 0.3) is 10.9 Å². The summed E-state index contributed by atoms with van der Waals surface area (Å²) in [7, 11) is 0. The lowest BCUT2D eigenvalue weighted by atomic mass is 10.1. The lowest BCUT2D eigenvalue weighted by Crippen LogP contribution is -2.18. The maximum atomic E-state index is 12.0. The predicted molar refractivity (Wildman–Crippen MR) is 71.0 cm³/mol. The van der Waals surface area contributed by atoms with Gasteiger partial charge in [-0.15, -0.1) is 0 Å². The smallest absolute Gasteiger partial charge is 0.374 e. The molecule has 94 valence electrons. The highest BCUT2D eigenvalue weighted by atomic mass is 79.9. The minimum Gasteiger partial charge on any atom is -0.460 e. The van der Waals surface area contributed by atoms with Crippen molar-refractivity contribution in [3.8, 4) is 0 Å². The topological polar surface area (TPSA) is 72.0 Å². The Labute approximate surface area is 111 Å². The number of ether oxygens (including phenoxy) is 1. The average molecular weight is 311 g/mol. The fourth-order valence-corrected chi connectivity index (χ4v) is 2.14. The number of alkyl halides is 1. The summed E-state index contributed by atoms with van der Waals surface area (Å²) in [5.41, 5.74) is 0.980. The molecule has 5 nitrogen and oxygen atoms in total. The average Bonchev–Trinajstić information content (AvgIpc) is 2.38. The van der Waals surface area contributed by atoms with Crippen LogP contribution in [-0.4, -0.2) is 22.5 Å². The zero-order valence-electron chi connectivity index (χ0n) is 9.70. The number of esters is 1. The van der Waals surface area contributed by atoms with Crippen LogP contribution in [0.3, 0.4) is 0 Å². The van der Waals surface area contributed by atoms with Gasteiger partial charge in [0.1, 0.15) is 0 Å². The third-order valence-corrected chi connectivity index (χ3v) is 3.04. The van der Waals surface area contributed by atoms with Crippen molar-refractivity contribution in [2.24, 2.45) is 0 Å². The van der Waals surface area contributed by atoms with Gasteiger partial charge in [-0.25, -0.2) is 9.78 Å². The Morgan fingerprint density at radius 1 is 1.50 bits per heavy atom. The molecule has 18 heavy (non-hydrogen) atoms. The van der Waals surface area contributed by atoms with E-state index in [9.17, 15) is 9.59 Å². The second-order valence-electron chi connectivity index (χ2n) is 3.58. The molecule has 0 saturated heterocycles. The van der Waals surface area contributed by atoms with Crippen molar-refractivity contribution in [1.82, 2.24) is 9.97 Å². The third-order valence-electron chi connectivity index (χ3n) is 2.43. The Kier molecular flexibility index (Phi) is 3.76. The first-order valence-electron chi connectivity index (χ1n) is 5.42. The van der Waals surface area contributed by atoms with Crippen LogP contribution in [0.4, 0.5) is 0 Å². The van der Waals surface area contributed by atoms with Crippen molar-refractivity contribution in [1.29, 1.82) is 0 Å². The summed E-state index contributed by atoms with van der Waals surface area (Å²) in [5.74, 6) is -0.693. The monoisotopic (exact) mass is 310 g/mol. The summed E-state index contributed by atoms with van der Waals surface area (Å²) in [5, 5.41) is 1.04. The van der Waals surface area contributed by atoms with E-state index < -0.39 is 5.97 Å². The normalized spacial score (nSPS) is 10.6. The molecule has 2 aromatic rings. The summed E-state index contributed by atoms with van der Waals surface area (Å²) in [4.78, 5) is 30.1. The Bertz CT molecular complexity index is 651. The van der Waals surface area contributed by atoms with Crippen LogP contribution < -0.4 is 5.56 Å². The van der Waals surface area contributed by atoms with E-state index in [-0.39, 0.29) is 18.0 Å². The molecule has 1 aromatic carbocycles. The molecule has 0 spiro atoms. The summed E-state index contributed by atoms with van der Waals surface area (Å²) in [6.45, 7) is 1.93. The Hall–Kier alpha value is -1.69. The number of rotatable bonds is 3. The van der Waals surface area contributed by atoms with Gasteiger partial charge in [-0.1, -0.05) is 28.1 Å². The fraction of sp³-hybridized carbons (Fsp3) is 0.250. The molecule has 0 saturated carbocycles. The second kappa shape index (κ2) is 5.30. The van der Waals surface area contributed by atoms with Crippen LogP contribution in [0.15, 0.2) is 23.0 Å². The molecule has 0 amide bonds. The van der Waals surface area contributed by atoms with Gasteiger partial charge in [-0.2, -0.15) is 0 Å². The van der Waals surface area contributed by atoms with Crippen molar-refractivity contribution < 1.29 is 9.53 Å². The van der Waals surface area contributed by atoms with E-state index in [0.717, 1.165) is 5.56 Å². The second-order valence-corrected chi connectivity index (χ2v) is 4.14. The maximum absolute atomic E-state index is 12.0. The van der Waals surface area contributed by atoms with E-state index in [4.69, 9.17) is 4.74 Å². The van der Waals surface area contributed by atoms with Gasteiger partial charge in [-0.3, -0.25) is 4.79 Å². The van der Waals surface area contributed by atoms with Gasteiger partial charge in [0.25, 0.3) is 5.56 Å². The molecule has 0 fully saturated rings. The summed E-state index contributed by atoms with van der Waals surface area (Å²) >= 11 is 3.31. The third kappa shape index (κ3) is 2.28. The number of hydrogen-bond donors (Lipinski definition) is 1. The van der Waals surface area contributed by atoms with Crippen molar-refractivity contribution in [2.45, 2.75) is 12.3 Å². The van der Waals surface area contributed by atoms with Crippen LogP contribution in [0.2, 0.25) is 0 Å². The fourth-order valence-electron chi connectivity index (χ4n) is 1.67. The zero-order valence-corrected chi connectivity index (χ0v) is 11.3. The van der Waals surface area contributed by atoms with E-state index in [2.05, 4.69) is 25.9 Å². The Balaban J connectivity index is 2.64. The Morgan fingerprint density at radius 3 is 2.94 bits per heavy atom. The molecule has 2 rings (SSSR count). The number of benzene rings is 1. The van der Waals surface area contributed by atoms with Crippen LogP contribution in [0.5, 0.6) is 0 Å².